The van der Waals surface area contributed by atoms with E-state index in [1.165, 1.54) is 18.5 Å². The normalized spacial score (nSPS) is 10.5. The molecule has 23 heavy (non-hydrogen) atoms. The van der Waals surface area contributed by atoms with E-state index in [0.29, 0.717) is 17.1 Å². The van der Waals surface area contributed by atoms with E-state index >= 15 is 0 Å². The van der Waals surface area contributed by atoms with Gasteiger partial charge in [0.05, 0.1) is 16.6 Å². The van der Waals surface area contributed by atoms with Crippen molar-refractivity contribution in [3.05, 3.63) is 70.3 Å². The standard InChI is InChI=1S/C15H11FN4O3/c16-13-7-11(20(21)22)6-5-10(13)8-23-14-4-2-1-3-12(14)15-17-9-18-19-15/h1-7,9H,8H2,(H,17,18,19). The largest absolute Gasteiger partial charge is 0.488 e. The molecule has 0 radical (unpaired) electrons. The Balaban J connectivity index is 1.81. The lowest BCUT2D eigenvalue weighted by Gasteiger charge is -2.10. The van der Waals surface area contributed by atoms with Crippen LogP contribution in [0.2, 0.25) is 0 Å². The van der Waals surface area contributed by atoms with Crippen LogP contribution >= 0.6 is 0 Å². The van der Waals surface area contributed by atoms with Crippen LogP contribution in [-0.2, 0) is 6.61 Å². The fourth-order valence-electron chi connectivity index (χ4n) is 2.05. The third-order valence-electron chi connectivity index (χ3n) is 3.19. The quantitative estimate of drug-likeness (QED) is 0.577. The van der Waals surface area contributed by atoms with Gasteiger partial charge in [0.15, 0.2) is 5.82 Å². The van der Waals surface area contributed by atoms with Crippen molar-refractivity contribution in [2.45, 2.75) is 6.61 Å². The van der Waals surface area contributed by atoms with Crippen molar-refractivity contribution in [3.63, 3.8) is 0 Å². The first-order valence-electron chi connectivity index (χ1n) is 6.65. The molecule has 0 aliphatic heterocycles. The topological polar surface area (TPSA) is 93.9 Å². The molecule has 7 nitrogen and oxygen atoms in total. The maximum atomic E-state index is 13.9. The lowest BCUT2D eigenvalue weighted by Crippen LogP contribution is -2.01. The minimum atomic E-state index is -0.684. The van der Waals surface area contributed by atoms with Crippen molar-refractivity contribution in [3.8, 4) is 17.1 Å². The predicted octanol–water partition coefficient (Wildman–Crippen LogP) is 3.10. The Hall–Kier alpha value is -3.29. The van der Waals surface area contributed by atoms with Gasteiger partial charge in [-0.05, 0) is 18.2 Å². The van der Waals surface area contributed by atoms with Gasteiger partial charge >= 0.3 is 0 Å². The zero-order chi connectivity index (χ0) is 16.2. The molecule has 3 aromatic rings. The van der Waals surface area contributed by atoms with E-state index in [1.807, 2.05) is 6.07 Å². The Bertz CT molecular complexity index is 836. The number of hydrogen-bond donors (Lipinski definition) is 1. The average Bonchev–Trinajstić information content (AvgIpc) is 3.08. The average molecular weight is 314 g/mol. The third kappa shape index (κ3) is 3.15. The molecule has 1 N–H and O–H groups in total. The summed E-state index contributed by atoms with van der Waals surface area (Å²) in [6.45, 7) is -0.0605. The van der Waals surface area contributed by atoms with Gasteiger partial charge in [-0.3, -0.25) is 15.2 Å². The summed E-state index contributed by atoms with van der Waals surface area (Å²) in [7, 11) is 0. The monoisotopic (exact) mass is 314 g/mol. The van der Waals surface area contributed by atoms with Crippen molar-refractivity contribution in [1.29, 1.82) is 0 Å². The number of nitrogens with zero attached hydrogens (tertiary/aromatic N) is 3. The smallest absolute Gasteiger partial charge is 0.272 e. The summed E-state index contributed by atoms with van der Waals surface area (Å²) in [4.78, 5) is 14.0. The number of halogens is 1. The van der Waals surface area contributed by atoms with Gasteiger partial charge in [0, 0.05) is 11.6 Å². The number of nitro benzene ring substituents is 1. The molecule has 0 atom stereocenters. The molecule has 0 amide bonds. The lowest BCUT2D eigenvalue weighted by molar-refractivity contribution is -0.385. The van der Waals surface area contributed by atoms with Gasteiger partial charge < -0.3 is 4.74 Å². The minimum absolute atomic E-state index is 0.0605. The van der Waals surface area contributed by atoms with Crippen LogP contribution in [0.15, 0.2) is 48.8 Å². The maximum absolute atomic E-state index is 13.9. The highest BCUT2D eigenvalue weighted by atomic mass is 19.1. The molecule has 0 unspecified atom stereocenters. The Labute approximate surface area is 129 Å². The second kappa shape index (κ2) is 6.22. The summed E-state index contributed by atoms with van der Waals surface area (Å²) in [5.41, 5.74) is 0.614. The van der Waals surface area contributed by atoms with Crippen LogP contribution in [0.4, 0.5) is 10.1 Å². The highest BCUT2D eigenvalue weighted by Crippen LogP contribution is 2.28. The van der Waals surface area contributed by atoms with Crippen LogP contribution < -0.4 is 4.74 Å². The summed E-state index contributed by atoms with van der Waals surface area (Å²) in [6.07, 6.45) is 1.38. The number of aromatic nitrogens is 3. The number of para-hydroxylation sites is 1. The maximum Gasteiger partial charge on any atom is 0.272 e. The number of nitrogens with one attached hydrogen (secondary N) is 1. The van der Waals surface area contributed by atoms with E-state index < -0.39 is 10.7 Å². The van der Waals surface area contributed by atoms with Crippen LogP contribution in [0.1, 0.15) is 5.56 Å². The summed E-state index contributed by atoms with van der Waals surface area (Å²) < 4.78 is 19.5. The molecule has 0 aliphatic carbocycles. The SMILES string of the molecule is O=[N+]([O-])c1ccc(COc2ccccc2-c2ncn[nH]2)c(F)c1. The fraction of sp³-hybridized carbons (Fsp3) is 0.0667. The zero-order valence-electron chi connectivity index (χ0n) is 11.8. The molecular formula is C15H11FN4O3. The molecule has 1 aromatic heterocycles. The number of benzene rings is 2. The number of ether oxygens (including phenoxy) is 1. The molecule has 1 heterocycles. The van der Waals surface area contributed by atoms with Crippen molar-refractivity contribution in [2.24, 2.45) is 0 Å². The number of rotatable bonds is 5. The first-order chi connectivity index (χ1) is 11.1. The number of non-ortho nitro benzene ring substituents is 1. The van der Waals surface area contributed by atoms with E-state index in [4.69, 9.17) is 4.74 Å². The lowest BCUT2D eigenvalue weighted by atomic mass is 10.2. The fourth-order valence-corrected chi connectivity index (χ4v) is 2.05. The van der Waals surface area contributed by atoms with Gasteiger partial charge in [-0.15, -0.1) is 0 Å². The second-order valence-corrected chi connectivity index (χ2v) is 4.65. The highest BCUT2D eigenvalue weighted by molar-refractivity contribution is 5.63. The Morgan fingerprint density at radius 3 is 2.78 bits per heavy atom. The molecule has 8 heteroatoms. The summed E-state index contributed by atoms with van der Waals surface area (Å²) in [5.74, 6) is 0.350. The number of aromatic amines is 1. The van der Waals surface area contributed by atoms with Gasteiger partial charge in [0.25, 0.3) is 5.69 Å². The van der Waals surface area contributed by atoms with Crippen LogP contribution in [0.25, 0.3) is 11.4 Å². The van der Waals surface area contributed by atoms with Gasteiger partial charge in [0.1, 0.15) is 24.5 Å². The van der Waals surface area contributed by atoms with E-state index in [-0.39, 0.29) is 17.9 Å². The molecule has 0 saturated heterocycles. The highest BCUT2D eigenvalue weighted by Gasteiger charge is 2.13. The molecule has 116 valence electrons. The van der Waals surface area contributed by atoms with Gasteiger partial charge in [-0.1, -0.05) is 12.1 Å². The Morgan fingerprint density at radius 1 is 1.26 bits per heavy atom. The first kappa shape index (κ1) is 14.6. The van der Waals surface area contributed by atoms with E-state index in [2.05, 4.69) is 15.2 Å². The molecule has 0 spiro atoms. The van der Waals surface area contributed by atoms with Crippen molar-refractivity contribution in [2.75, 3.05) is 0 Å². The molecule has 0 fully saturated rings. The second-order valence-electron chi connectivity index (χ2n) is 4.65. The molecular weight excluding hydrogens is 303 g/mol. The van der Waals surface area contributed by atoms with E-state index in [1.54, 1.807) is 18.2 Å². The van der Waals surface area contributed by atoms with E-state index in [9.17, 15) is 14.5 Å². The van der Waals surface area contributed by atoms with Gasteiger partial charge in [0.2, 0.25) is 0 Å². The predicted molar refractivity (Wildman–Crippen MR) is 79.2 cm³/mol. The van der Waals surface area contributed by atoms with Gasteiger partial charge in [-0.2, -0.15) is 5.10 Å². The van der Waals surface area contributed by atoms with Crippen molar-refractivity contribution >= 4 is 5.69 Å². The van der Waals surface area contributed by atoms with Crippen molar-refractivity contribution < 1.29 is 14.1 Å². The minimum Gasteiger partial charge on any atom is -0.488 e. The molecule has 2 aromatic carbocycles. The van der Waals surface area contributed by atoms with E-state index in [0.717, 1.165) is 6.07 Å². The third-order valence-corrected chi connectivity index (χ3v) is 3.19. The summed E-state index contributed by atoms with van der Waals surface area (Å²) in [5, 5.41) is 17.1. The Morgan fingerprint density at radius 2 is 2.09 bits per heavy atom. The molecule has 0 bridgehead atoms. The molecule has 3 rings (SSSR count). The number of nitro groups is 1. The van der Waals surface area contributed by atoms with Crippen LogP contribution in [0.5, 0.6) is 5.75 Å². The number of hydrogen-bond acceptors (Lipinski definition) is 5. The van der Waals surface area contributed by atoms with Gasteiger partial charge in [-0.25, -0.2) is 9.37 Å². The van der Waals surface area contributed by atoms with Crippen LogP contribution in [0, 0.1) is 15.9 Å². The molecule has 0 saturated carbocycles. The Kier molecular flexibility index (Phi) is 3.96. The molecule has 0 aliphatic rings. The van der Waals surface area contributed by atoms with Crippen LogP contribution in [0.3, 0.4) is 0 Å². The summed E-state index contributed by atoms with van der Waals surface area (Å²) >= 11 is 0. The summed E-state index contributed by atoms with van der Waals surface area (Å²) in [6, 6.07) is 10.6. The van der Waals surface area contributed by atoms with Crippen molar-refractivity contribution in [1.82, 2.24) is 15.2 Å². The number of H-pyrrole nitrogens is 1. The van der Waals surface area contributed by atoms with Crippen LogP contribution in [-0.4, -0.2) is 20.1 Å². The first-order valence-corrected chi connectivity index (χ1v) is 6.65. The zero-order valence-corrected chi connectivity index (χ0v) is 11.8.